The number of thioether (sulfide) groups is 1. The van der Waals surface area contributed by atoms with Crippen LogP contribution in [-0.4, -0.2) is 30.2 Å². The smallest absolute Gasteiger partial charge is 0.258 e. The van der Waals surface area contributed by atoms with Crippen LogP contribution in [-0.2, 0) is 6.42 Å². The van der Waals surface area contributed by atoms with Crippen molar-refractivity contribution in [1.29, 1.82) is 0 Å². The molecule has 2 aromatic carbocycles. The van der Waals surface area contributed by atoms with Crippen molar-refractivity contribution < 1.29 is 0 Å². The lowest BCUT2D eigenvalue weighted by Crippen LogP contribution is -2.13. The summed E-state index contributed by atoms with van der Waals surface area (Å²) in [5, 5.41) is 13.2. The summed E-state index contributed by atoms with van der Waals surface area (Å²) >= 11 is 1.45. The first kappa shape index (κ1) is 19.3. The normalized spacial score (nSPS) is 12.3. The number of tetrazole rings is 1. The Balaban J connectivity index is 1.57. The zero-order valence-corrected chi connectivity index (χ0v) is 17.2. The number of benzene rings is 2. The zero-order valence-electron chi connectivity index (χ0n) is 16.4. The number of aromatic nitrogens is 6. The van der Waals surface area contributed by atoms with E-state index >= 15 is 0 Å². The monoisotopic (exact) mass is 406 g/mol. The maximum atomic E-state index is 12.4. The molecule has 4 aromatic rings. The van der Waals surface area contributed by atoms with Gasteiger partial charge in [-0.3, -0.25) is 4.79 Å². The highest BCUT2D eigenvalue weighted by Gasteiger charge is 2.17. The van der Waals surface area contributed by atoms with Crippen molar-refractivity contribution in [3.05, 3.63) is 70.3 Å². The van der Waals surface area contributed by atoms with Crippen LogP contribution in [0.25, 0.3) is 16.6 Å². The van der Waals surface area contributed by atoms with Crippen LogP contribution in [0.3, 0.4) is 0 Å². The predicted molar refractivity (Wildman–Crippen MR) is 114 cm³/mol. The number of nitrogens with zero attached hydrogens (tertiary/aromatic N) is 5. The second-order valence-electron chi connectivity index (χ2n) is 6.87. The lowest BCUT2D eigenvalue weighted by molar-refractivity contribution is 0.751. The van der Waals surface area contributed by atoms with Crippen LogP contribution in [0.5, 0.6) is 0 Å². The van der Waals surface area contributed by atoms with Gasteiger partial charge in [0, 0.05) is 0 Å². The third kappa shape index (κ3) is 4.22. The van der Waals surface area contributed by atoms with Gasteiger partial charge in [0.1, 0.15) is 5.82 Å². The van der Waals surface area contributed by atoms with Crippen molar-refractivity contribution in [2.45, 2.75) is 43.5 Å². The first-order valence-electron chi connectivity index (χ1n) is 9.69. The van der Waals surface area contributed by atoms with Gasteiger partial charge in [-0.25, -0.2) is 4.98 Å². The Kier molecular flexibility index (Phi) is 5.71. The van der Waals surface area contributed by atoms with E-state index in [4.69, 9.17) is 0 Å². The number of nitrogens with one attached hydrogen (secondary N) is 1. The van der Waals surface area contributed by atoms with Gasteiger partial charge in [0.2, 0.25) is 5.16 Å². The highest BCUT2D eigenvalue weighted by molar-refractivity contribution is 7.99. The van der Waals surface area contributed by atoms with Crippen molar-refractivity contribution in [3.63, 3.8) is 0 Å². The minimum absolute atomic E-state index is 0.124. The van der Waals surface area contributed by atoms with Gasteiger partial charge in [-0.2, -0.15) is 4.68 Å². The minimum Gasteiger partial charge on any atom is -0.309 e. The minimum atomic E-state index is -0.139. The van der Waals surface area contributed by atoms with Gasteiger partial charge in [-0.1, -0.05) is 49.4 Å². The maximum absolute atomic E-state index is 12.4. The van der Waals surface area contributed by atoms with Gasteiger partial charge in [-0.15, -0.1) is 5.10 Å². The summed E-state index contributed by atoms with van der Waals surface area (Å²) in [6.45, 7) is 4.17. The summed E-state index contributed by atoms with van der Waals surface area (Å²) in [4.78, 5) is 19.8. The fourth-order valence-corrected chi connectivity index (χ4v) is 3.98. The van der Waals surface area contributed by atoms with E-state index in [-0.39, 0.29) is 10.8 Å². The van der Waals surface area contributed by atoms with E-state index in [0.717, 1.165) is 12.1 Å². The molecule has 0 unspecified atom stereocenters. The van der Waals surface area contributed by atoms with E-state index in [9.17, 15) is 4.79 Å². The molecular weight excluding hydrogens is 384 g/mol. The number of aromatic amines is 1. The first-order valence-corrected chi connectivity index (χ1v) is 10.6. The van der Waals surface area contributed by atoms with Crippen LogP contribution in [0, 0.1) is 0 Å². The number of rotatable bonds is 7. The second-order valence-corrected chi connectivity index (χ2v) is 8.18. The van der Waals surface area contributed by atoms with Crippen LogP contribution >= 0.6 is 11.8 Å². The van der Waals surface area contributed by atoms with Crippen LogP contribution in [0.4, 0.5) is 0 Å². The maximum Gasteiger partial charge on any atom is 0.258 e. The fourth-order valence-electron chi connectivity index (χ4n) is 3.11. The predicted octanol–water partition coefficient (Wildman–Crippen LogP) is 4.09. The second kappa shape index (κ2) is 8.57. The number of para-hydroxylation sites is 1. The number of hydrogen-bond acceptors (Lipinski definition) is 6. The Morgan fingerprint density at radius 3 is 2.72 bits per heavy atom. The Hall–Kier alpha value is -3.00. The largest absolute Gasteiger partial charge is 0.309 e. The molecule has 0 radical (unpaired) electrons. The van der Waals surface area contributed by atoms with E-state index < -0.39 is 0 Å². The van der Waals surface area contributed by atoms with Gasteiger partial charge in [0.25, 0.3) is 5.56 Å². The SMILES string of the molecule is CCCCc1ccc(-n2nnnc2S[C@@H](C)c2nc3ccccc3c(=O)[nH]2)cc1. The van der Waals surface area contributed by atoms with E-state index in [0.29, 0.717) is 21.9 Å². The molecule has 0 aliphatic heterocycles. The molecule has 29 heavy (non-hydrogen) atoms. The molecule has 0 fully saturated rings. The van der Waals surface area contributed by atoms with Crippen LogP contribution < -0.4 is 5.56 Å². The Morgan fingerprint density at radius 1 is 1.14 bits per heavy atom. The van der Waals surface area contributed by atoms with Crippen LogP contribution in [0.1, 0.15) is 43.3 Å². The van der Waals surface area contributed by atoms with E-state index in [1.54, 1.807) is 10.7 Å². The Labute approximate surface area is 172 Å². The van der Waals surface area contributed by atoms with Gasteiger partial charge in [-0.05, 0) is 60.0 Å². The quantitative estimate of drug-likeness (QED) is 0.465. The summed E-state index contributed by atoms with van der Waals surface area (Å²) in [5.74, 6) is 0.600. The van der Waals surface area contributed by atoms with Crippen LogP contribution in [0.2, 0.25) is 0 Å². The Bertz CT molecular complexity index is 1170. The number of aryl methyl sites for hydroxylation is 1. The average Bonchev–Trinajstić information content (AvgIpc) is 3.20. The number of hydrogen-bond donors (Lipinski definition) is 1. The molecule has 8 heteroatoms. The molecule has 1 N–H and O–H groups in total. The molecule has 148 valence electrons. The number of H-pyrrole nitrogens is 1. The third-order valence-electron chi connectivity index (χ3n) is 4.74. The van der Waals surface area contributed by atoms with Crippen molar-refractivity contribution in [3.8, 4) is 5.69 Å². The molecule has 0 spiro atoms. The van der Waals surface area contributed by atoms with Crippen LogP contribution in [0.15, 0.2) is 58.5 Å². The van der Waals surface area contributed by atoms with E-state index in [1.807, 2.05) is 37.3 Å². The van der Waals surface area contributed by atoms with Gasteiger partial charge < -0.3 is 4.98 Å². The van der Waals surface area contributed by atoms with Crippen molar-refractivity contribution in [2.75, 3.05) is 0 Å². The van der Waals surface area contributed by atoms with E-state index in [1.165, 1.54) is 30.2 Å². The lowest BCUT2D eigenvalue weighted by atomic mass is 10.1. The topological polar surface area (TPSA) is 89.3 Å². The summed E-state index contributed by atoms with van der Waals surface area (Å²) in [7, 11) is 0. The molecule has 7 nitrogen and oxygen atoms in total. The molecule has 4 rings (SSSR count). The first-order chi connectivity index (χ1) is 14.2. The Morgan fingerprint density at radius 2 is 1.93 bits per heavy atom. The summed E-state index contributed by atoms with van der Waals surface area (Å²) < 4.78 is 1.71. The van der Waals surface area contributed by atoms with Crippen molar-refractivity contribution in [1.82, 2.24) is 30.2 Å². The average molecular weight is 407 g/mol. The molecule has 2 aromatic heterocycles. The van der Waals surface area contributed by atoms with Gasteiger partial charge in [0.15, 0.2) is 0 Å². The van der Waals surface area contributed by atoms with Gasteiger partial charge >= 0.3 is 0 Å². The van der Waals surface area contributed by atoms with Gasteiger partial charge in [0.05, 0.1) is 21.8 Å². The molecule has 0 bridgehead atoms. The standard InChI is InChI=1S/C21H22N6OS/c1-3-4-7-15-10-12-16(13-11-15)27-21(24-25-26-27)29-14(2)19-22-18-9-6-5-8-17(18)20(28)23-19/h5-6,8-14H,3-4,7H2,1-2H3,(H,22,23,28)/t14-/m0/s1. The third-order valence-corrected chi connectivity index (χ3v) is 5.78. The highest BCUT2D eigenvalue weighted by atomic mass is 32.2. The summed E-state index contributed by atoms with van der Waals surface area (Å²) in [5.41, 5.74) is 2.76. The molecule has 0 aliphatic rings. The summed E-state index contributed by atoms with van der Waals surface area (Å²) in [6, 6.07) is 15.6. The van der Waals surface area contributed by atoms with Crippen molar-refractivity contribution in [2.24, 2.45) is 0 Å². The highest BCUT2D eigenvalue weighted by Crippen LogP contribution is 2.32. The van der Waals surface area contributed by atoms with Crippen molar-refractivity contribution >= 4 is 22.7 Å². The summed E-state index contributed by atoms with van der Waals surface area (Å²) in [6.07, 6.45) is 3.43. The molecule has 0 aliphatic carbocycles. The number of unbranched alkanes of at least 4 members (excludes halogenated alkanes) is 1. The van der Waals surface area contributed by atoms with E-state index in [2.05, 4.69) is 44.5 Å². The zero-order chi connectivity index (χ0) is 20.2. The molecule has 0 saturated heterocycles. The molecular formula is C21H22N6OS. The number of fused-ring (bicyclic) bond motifs is 1. The lowest BCUT2D eigenvalue weighted by Gasteiger charge is -2.11. The fraction of sp³-hybridized carbons (Fsp3) is 0.286. The molecule has 1 atom stereocenters. The molecule has 0 saturated carbocycles. The molecule has 0 amide bonds. The molecule has 2 heterocycles.